The van der Waals surface area contributed by atoms with Crippen LogP contribution in [0.3, 0.4) is 0 Å². The van der Waals surface area contributed by atoms with Gasteiger partial charge in [0.2, 0.25) is 0 Å². The van der Waals surface area contributed by atoms with E-state index in [0.29, 0.717) is 0 Å². The lowest BCUT2D eigenvalue weighted by Gasteiger charge is -1.97. The van der Waals surface area contributed by atoms with Crippen molar-refractivity contribution in [2.75, 3.05) is 0 Å². The van der Waals surface area contributed by atoms with E-state index in [1.54, 1.807) is 12.2 Å². The van der Waals surface area contributed by atoms with Gasteiger partial charge in [-0.2, -0.15) is 0 Å². The molecule has 1 rings (SSSR count). The zero-order chi connectivity index (χ0) is 5.98. The summed E-state index contributed by atoms with van der Waals surface area (Å²) in [5.74, 6) is 0. The van der Waals surface area contributed by atoms with Gasteiger partial charge in [0.1, 0.15) is 6.17 Å². The Morgan fingerprint density at radius 1 is 1.75 bits per heavy atom. The second kappa shape index (κ2) is 1.97. The number of halogens is 1. The predicted octanol–water partition coefficient (Wildman–Crippen LogP) is 2.00. The zero-order valence-corrected chi connectivity index (χ0v) is 4.69. The van der Waals surface area contributed by atoms with Gasteiger partial charge in [-0.3, -0.25) is 0 Å². The highest BCUT2D eigenvalue weighted by molar-refractivity contribution is 5.24. The fourth-order valence-electron chi connectivity index (χ4n) is 0.619. The minimum atomic E-state index is -0.917. The topological polar surface area (TPSA) is 0 Å². The van der Waals surface area contributed by atoms with E-state index in [-0.39, 0.29) is 0 Å². The molecule has 1 aliphatic carbocycles. The average molecular weight is 110 g/mol. The van der Waals surface area contributed by atoms with Crippen molar-refractivity contribution in [3.8, 4) is 0 Å². The van der Waals surface area contributed by atoms with Crippen LogP contribution < -0.4 is 0 Å². The largest absolute Gasteiger partial charge is 0.238 e. The molecule has 0 spiro atoms. The Hall–Kier alpha value is -0.810. The summed E-state index contributed by atoms with van der Waals surface area (Å²) >= 11 is 0. The monoisotopic (exact) mass is 110 g/mol. The van der Waals surface area contributed by atoms with Gasteiger partial charge in [-0.15, -0.1) is 5.73 Å². The van der Waals surface area contributed by atoms with Gasteiger partial charge in [0, 0.05) is 0 Å². The summed E-state index contributed by atoms with van der Waals surface area (Å²) in [6.07, 6.45) is 3.79. The average Bonchev–Trinajstić information content (AvgIpc) is 1.64. The summed E-state index contributed by atoms with van der Waals surface area (Å²) in [7, 11) is 0. The Balaban J connectivity index is 2.86. The molecule has 0 aliphatic heterocycles. The zero-order valence-electron chi connectivity index (χ0n) is 4.69. The first-order valence-electron chi connectivity index (χ1n) is 2.54. The highest BCUT2D eigenvalue weighted by Crippen LogP contribution is 2.05. The highest BCUT2D eigenvalue weighted by Gasteiger charge is 1.97. The smallest absolute Gasteiger partial charge is 0.144 e. The number of rotatable bonds is 0. The number of hydrogen-bond acceptors (Lipinski definition) is 0. The Bertz CT molecular complexity index is 171. The third kappa shape index (κ3) is 1.08. The molecule has 42 valence electrons. The molecule has 0 N–H and O–H groups in total. The second-order valence-corrected chi connectivity index (χ2v) is 1.83. The first-order valence-corrected chi connectivity index (χ1v) is 2.54. The normalized spacial score (nSPS) is 25.8. The van der Waals surface area contributed by atoms with E-state index in [9.17, 15) is 4.39 Å². The van der Waals surface area contributed by atoms with Gasteiger partial charge in [-0.1, -0.05) is 0 Å². The molecule has 0 fully saturated rings. The minimum absolute atomic E-state index is 0.917. The van der Waals surface area contributed by atoms with Crippen molar-refractivity contribution in [3.05, 3.63) is 29.5 Å². The quantitative estimate of drug-likeness (QED) is 0.418. The van der Waals surface area contributed by atoms with Crippen molar-refractivity contribution in [3.63, 3.8) is 0 Å². The van der Waals surface area contributed by atoms with Crippen LogP contribution in [0.2, 0.25) is 0 Å². The molecule has 1 unspecified atom stereocenters. The predicted molar refractivity (Wildman–Crippen MR) is 31.3 cm³/mol. The molecule has 0 saturated heterocycles. The first kappa shape index (κ1) is 5.33. The maximum Gasteiger partial charge on any atom is 0.144 e. The molecule has 1 atom stereocenters. The van der Waals surface area contributed by atoms with E-state index in [4.69, 9.17) is 0 Å². The molecule has 0 aromatic carbocycles. The van der Waals surface area contributed by atoms with E-state index in [2.05, 4.69) is 5.73 Å². The van der Waals surface area contributed by atoms with Crippen LogP contribution in [-0.2, 0) is 0 Å². The number of allylic oxidation sites excluding steroid dienone is 3. The fourth-order valence-corrected chi connectivity index (χ4v) is 0.619. The van der Waals surface area contributed by atoms with E-state index < -0.39 is 6.17 Å². The minimum Gasteiger partial charge on any atom is -0.238 e. The lowest BCUT2D eigenvalue weighted by atomic mass is 10.1. The van der Waals surface area contributed by atoms with Gasteiger partial charge in [-0.05, 0) is 30.7 Å². The molecule has 0 nitrogen and oxygen atoms in total. The molecule has 0 amide bonds. The summed E-state index contributed by atoms with van der Waals surface area (Å²) in [5.41, 5.74) is 3.64. The Labute approximate surface area is 48.0 Å². The third-order valence-corrected chi connectivity index (χ3v) is 0.989. The van der Waals surface area contributed by atoms with Crippen molar-refractivity contribution < 1.29 is 4.39 Å². The molecule has 0 aromatic heterocycles. The Morgan fingerprint density at radius 2 is 2.50 bits per heavy atom. The Kier molecular flexibility index (Phi) is 1.32. The summed E-state index contributed by atoms with van der Waals surface area (Å²) in [4.78, 5) is 0. The molecule has 0 heterocycles. The number of alkyl halides is 1. The van der Waals surface area contributed by atoms with Crippen LogP contribution in [0.5, 0.6) is 0 Å². The van der Waals surface area contributed by atoms with E-state index in [1.807, 2.05) is 6.92 Å². The van der Waals surface area contributed by atoms with Gasteiger partial charge in [0.25, 0.3) is 0 Å². The van der Waals surface area contributed by atoms with Gasteiger partial charge < -0.3 is 0 Å². The molecule has 0 aromatic rings. The van der Waals surface area contributed by atoms with Crippen LogP contribution in [0.25, 0.3) is 0 Å². The van der Waals surface area contributed by atoms with Crippen LogP contribution >= 0.6 is 0 Å². The van der Waals surface area contributed by atoms with Gasteiger partial charge >= 0.3 is 0 Å². The van der Waals surface area contributed by atoms with E-state index >= 15 is 0 Å². The maximum atomic E-state index is 12.2. The van der Waals surface area contributed by atoms with E-state index in [0.717, 1.165) is 5.57 Å². The molecular formula is C7H7F. The lowest BCUT2D eigenvalue weighted by Crippen LogP contribution is -1.90. The molecule has 0 bridgehead atoms. The van der Waals surface area contributed by atoms with Crippen LogP contribution in [0.4, 0.5) is 4.39 Å². The Morgan fingerprint density at radius 3 is 2.88 bits per heavy atom. The third-order valence-electron chi connectivity index (χ3n) is 0.989. The van der Waals surface area contributed by atoms with Crippen molar-refractivity contribution in [1.82, 2.24) is 0 Å². The molecule has 1 heteroatoms. The molecule has 0 radical (unpaired) electrons. The summed E-state index contributed by atoms with van der Waals surface area (Å²) in [5, 5.41) is 0. The maximum absolute atomic E-state index is 12.2. The molecular weight excluding hydrogens is 103 g/mol. The second-order valence-electron chi connectivity index (χ2n) is 1.83. The van der Waals surface area contributed by atoms with Crippen LogP contribution in [0.1, 0.15) is 6.92 Å². The lowest BCUT2D eigenvalue weighted by molar-refractivity contribution is 0.467. The molecule has 0 saturated carbocycles. The SMILES string of the molecule is CC1=CC(F)C=C=C1. The van der Waals surface area contributed by atoms with Gasteiger partial charge in [0.15, 0.2) is 0 Å². The number of hydrogen-bond donors (Lipinski definition) is 0. The van der Waals surface area contributed by atoms with Crippen LogP contribution in [0, 0.1) is 0 Å². The van der Waals surface area contributed by atoms with Crippen molar-refractivity contribution in [2.45, 2.75) is 13.1 Å². The van der Waals surface area contributed by atoms with Crippen molar-refractivity contribution >= 4 is 0 Å². The van der Waals surface area contributed by atoms with Crippen molar-refractivity contribution in [1.29, 1.82) is 0 Å². The highest BCUT2D eigenvalue weighted by atomic mass is 19.1. The molecule has 8 heavy (non-hydrogen) atoms. The van der Waals surface area contributed by atoms with Crippen LogP contribution in [-0.4, -0.2) is 6.17 Å². The summed E-state index contributed by atoms with van der Waals surface area (Å²) in [6, 6.07) is 0. The first-order chi connectivity index (χ1) is 3.79. The fraction of sp³-hybridized carbons (Fsp3) is 0.286. The standard InChI is InChI=1S/C7H7F/c1-6-3-2-4-7(8)5-6/h3-5,7H,1H3. The van der Waals surface area contributed by atoms with Gasteiger partial charge in [-0.25, -0.2) is 4.39 Å². The summed E-state index contributed by atoms with van der Waals surface area (Å²) < 4.78 is 12.2. The molecule has 1 aliphatic rings. The summed E-state index contributed by atoms with van der Waals surface area (Å²) in [6.45, 7) is 1.85. The van der Waals surface area contributed by atoms with E-state index in [1.165, 1.54) is 6.08 Å². The van der Waals surface area contributed by atoms with Crippen molar-refractivity contribution in [2.24, 2.45) is 0 Å². The van der Waals surface area contributed by atoms with Crippen LogP contribution in [0.15, 0.2) is 29.5 Å². The van der Waals surface area contributed by atoms with Gasteiger partial charge in [0.05, 0.1) is 0 Å².